The molecule has 2 rings (SSSR count). The van der Waals surface area contributed by atoms with Crippen LogP contribution < -0.4 is 4.90 Å². The van der Waals surface area contributed by atoms with Gasteiger partial charge < -0.3 is 20.1 Å². The SMILES string of the molecule is OCCN(CCO)c1ncnc2[nH]ccc12. The molecule has 2 heterocycles. The highest BCUT2D eigenvalue weighted by molar-refractivity contribution is 5.87. The third-order valence-corrected chi connectivity index (χ3v) is 2.37. The van der Waals surface area contributed by atoms with Crippen molar-refractivity contribution in [3.05, 3.63) is 18.6 Å². The molecule has 0 spiro atoms. The summed E-state index contributed by atoms with van der Waals surface area (Å²) in [6.07, 6.45) is 3.26. The molecule has 6 heteroatoms. The summed E-state index contributed by atoms with van der Waals surface area (Å²) in [5, 5.41) is 18.8. The number of fused-ring (bicyclic) bond motifs is 1. The number of anilines is 1. The average Bonchev–Trinajstić information content (AvgIpc) is 2.76. The number of H-pyrrole nitrogens is 1. The Kier molecular flexibility index (Phi) is 3.33. The minimum atomic E-state index is 0.0237. The second-order valence-electron chi connectivity index (χ2n) is 3.37. The van der Waals surface area contributed by atoms with E-state index < -0.39 is 0 Å². The summed E-state index contributed by atoms with van der Waals surface area (Å²) < 4.78 is 0. The number of nitrogens with one attached hydrogen (secondary N) is 1. The molecule has 16 heavy (non-hydrogen) atoms. The van der Waals surface area contributed by atoms with E-state index in [1.165, 1.54) is 6.33 Å². The lowest BCUT2D eigenvalue weighted by atomic mass is 10.3. The molecule has 0 fully saturated rings. The van der Waals surface area contributed by atoms with Gasteiger partial charge in [0.2, 0.25) is 0 Å². The van der Waals surface area contributed by atoms with E-state index in [1.54, 1.807) is 6.20 Å². The van der Waals surface area contributed by atoms with Gasteiger partial charge in [0.15, 0.2) is 0 Å². The van der Waals surface area contributed by atoms with Crippen LogP contribution in [0.5, 0.6) is 0 Å². The van der Waals surface area contributed by atoms with Crippen molar-refractivity contribution in [2.75, 3.05) is 31.2 Å². The molecule has 86 valence electrons. The van der Waals surface area contributed by atoms with Crippen LogP contribution in [0.15, 0.2) is 18.6 Å². The summed E-state index contributed by atoms with van der Waals surface area (Å²) in [6.45, 7) is 0.932. The van der Waals surface area contributed by atoms with Crippen molar-refractivity contribution in [2.45, 2.75) is 0 Å². The quantitative estimate of drug-likeness (QED) is 0.649. The Balaban J connectivity index is 2.38. The molecule has 0 aliphatic rings. The smallest absolute Gasteiger partial charge is 0.142 e. The largest absolute Gasteiger partial charge is 0.395 e. The van der Waals surface area contributed by atoms with Gasteiger partial charge in [0.05, 0.1) is 18.6 Å². The number of nitrogens with zero attached hydrogens (tertiary/aromatic N) is 3. The minimum Gasteiger partial charge on any atom is -0.395 e. The molecule has 0 saturated heterocycles. The fourth-order valence-corrected chi connectivity index (χ4v) is 1.68. The molecule has 2 aromatic heterocycles. The molecule has 0 bridgehead atoms. The Morgan fingerprint density at radius 3 is 2.62 bits per heavy atom. The summed E-state index contributed by atoms with van der Waals surface area (Å²) in [6, 6.07) is 1.88. The van der Waals surface area contributed by atoms with E-state index in [4.69, 9.17) is 10.2 Å². The number of aliphatic hydroxyl groups excluding tert-OH is 2. The Hall–Kier alpha value is -1.66. The van der Waals surface area contributed by atoms with E-state index in [2.05, 4.69) is 15.0 Å². The van der Waals surface area contributed by atoms with E-state index in [1.807, 2.05) is 11.0 Å². The molecular formula is C10H14N4O2. The lowest BCUT2D eigenvalue weighted by Crippen LogP contribution is -2.30. The normalized spacial score (nSPS) is 10.9. The number of rotatable bonds is 5. The van der Waals surface area contributed by atoms with Crippen LogP contribution in [0.4, 0.5) is 5.82 Å². The first-order valence-electron chi connectivity index (χ1n) is 5.11. The van der Waals surface area contributed by atoms with Gasteiger partial charge in [-0.15, -0.1) is 0 Å². The van der Waals surface area contributed by atoms with Crippen LogP contribution in [0.3, 0.4) is 0 Å². The van der Waals surface area contributed by atoms with Crippen molar-refractivity contribution in [1.29, 1.82) is 0 Å². The molecule has 0 aliphatic heterocycles. The van der Waals surface area contributed by atoms with Crippen molar-refractivity contribution < 1.29 is 10.2 Å². The van der Waals surface area contributed by atoms with Gasteiger partial charge in [-0.2, -0.15) is 0 Å². The van der Waals surface area contributed by atoms with E-state index in [0.717, 1.165) is 16.9 Å². The topological polar surface area (TPSA) is 85.3 Å². The number of aromatic amines is 1. The zero-order chi connectivity index (χ0) is 11.4. The predicted octanol–water partition coefficient (Wildman–Crippen LogP) is -0.251. The summed E-state index contributed by atoms with van der Waals surface area (Å²) in [5.41, 5.74) is 0.755. The van der Waals surface area contributed by atoms with Crippen molar-refractivity contribution in [2.24, 2.45) is 0 Å². The molecule has 6 nitrogen and oxygen atoms in total. The maximum absolute atomic E-state index is 8.97. The number of aliphatic hydroxyl groups is 2. The Bertz CT molecular complexity index is 451. The zero-order valence-corrected chi connectivity index (χ0v) is 8.80. The first kappa shape index (κ1) is 10.8. The zero-order valence-electron chi connectivity index (χ0n) is 8.80. The van der Waals surface area contributed by atoms with Crippen LogP contribution in [0, 0.1) is 0 Å². The van der Waals surface area contributed by atoms with Gasteiger partial charge >= 0.3 is 0 Å². The number of aromatic nitrogens is 3. The second-order valence-corrected chi connectivity index (χ2v) is 3.37. The van der Waals surface area contributed by atoms with E-state index >= 15 is 0 Å². The van der Waals surface area contributed by atoms with Crippen LogP contribution in [-0.4, -0.2) is 51.5 Å². The molecule has 0 aliphatic carbocycles. The Labute approximate surface area is 92.6 Å². The number of hydrogen-bond donors (Lipinski definition) is 3. The highest BCUT2D eigenvalue weighted by atomic mass is 16.3. The summed E-state index contributed by atoms with van der Waals surface area (Å²) >= 11 is 0. The number of hydrogen-bond acceptors (Lipinski definition) is 5. The van der Waals surface area contributed by atoms with Crippen LogP contribution in [0.25, 0.3) is 11.0 Å². The molecule has 0 atom stereocenters. The highest BCUT2D eigenvalue weighted by Gasteiger charge is 2.11. The standard InChI is InChI=1S/C10H14N4O2/c15-5-3-14(4-6-16)10-8-1-2-11-9(8)12-7-13-10/h1-2,7,15-16H,3-6H2,(H,11,12,13). The molecule has 0 amide bonds. The third kappa shape index (κ3) is 1.98. The van der Waals surface area contributed by atoms with Gasteiger partial charge in [-0.05, 0) is 6.07 Å². The van der Waals surface area contributed by atoms with Crippen LogP contribution in [0.2, 0.25) is 0 Å². The summed E-state index contributed by atoms with van der Waals surface area (Å²) in [4.78, 5) is 13.1. The summed E-state index contributed by atoms with van der Waals surface area (Å²) in [7, 11) is 0. The lowest BCUT2D eigenvalue weighted by Gasteiger charge is -2.21. The fraction of sp³-hybridized carbons (Fsp3) is 0.400. The van der Waals surface area contributed by atoms with Gasteiger partial charge in [-0.3, -0.25) is 0 Å². The van der Waals surface area contributed by atoms with Crippen molar-refractivity contribution in [1.82, 2.24) is 15.0 Å². The minimum absolute atomic E-state index is 0.0237. The summed E-state index contributed by atoms with van der Waals surface area (Å²) in [5.74, 6) is 0.731. The van der Waals surface area contributed by atoms with Crippen LogP contribution in [-0.2, 0) is 0 Å². The lowest BCUT2D eigenvalue weighted by molar-refractivity contribution is 0.281. The average molecular weight is 222 g/mol. The van der Waals surface area contributed by atoms with Gasteiger partial charge in [0.1, 0.15) is 17.8 Å². The van der Waals surface area contributed by atoms with E-state index in [0.29, 0.717) is 13.1 Å². The highest BCUT2D eigenvalue weighted by Crippen LogP contribution is 2.21. The molecule has 0 saturated carbocycles. The molecule has 0 aromatic carbocycles. The third-order valence-electron chi connectivity index (χ3n) is 2.37. The second kappa shape index (κ2) is 4.91. The van der Waals surface area contributed by atoms with Crippen molar-refractivity contribution >= 4 is 16.9 Å². The molecule has 0 radical (unpaired) electrons. The Morgan fingerprint density at radius 1 is 1.19 bits per heavy atom. The van der Waals surface area contributed by atoms with E-state index in [-0.39, 0.29) is 13.2 Å². The van der Waals surface area contributed by atoms with Gasteiger partial charge in [-0.25, -0.2) is 9.97 Å². The van der Waals surface area contributed by atoms with Crippen molar-refractivity contribution in [3.63, 3.8) is 0 Å². The molecule has 2 aromatic rings. The van der Waals surface area contributed by atoms with Gasteiger partial charge in [-0.1, -0.05) is 0 Å². The fourth-order valence-electron chi connectivity index (χ4n) is 1.68. The van der Waals surface area contributed by atoms with Crippen LogP contribution >= 0.6 is 0 Å². The predicted molar refractivity (Wildman–Crippen MR) is 60.3 cm³/mol. The van der Waals surface area contributed by atoms with Crippen LogP contribution in [0.1, 0.15) is 0 Å². The van der Waals surface area contributed by atoms with E-state index in [9.17, 15) is 0 Å². The first-order chi connectivity index (χ1) is 7.86. The van der Waals surface area contributed by atoms with Gasteiger partial charge in [0.25, 0.3) is 0 Å². The van der Waals surface area contributed by atoms with Gasteiger partial charge in [0, 0.05) is 19.3 Å². The van der Waals surface area contributed by atoms with Crippen molar-refractivity contribution in [3.8, 4) is 0 Å². The molecule has 3 N–H and O–H groups in total. The molecule has 0 unspecified atom stereocenters. The monoisotopic (exact) mass is 222 g/mol. The maximum atomic E-state index is 8.97. The molecular weight excluding hydrogens is 208 g/mol. The first-order valence-corrected chi connectivity index (χ1v) is 5.11. The Morgan fingerprint density at radius 2 is 1.94 bits per heavy atom. The maximum Gasteiger partial charge on any atom is 0.142 e.